The molecule has 0 heterocycles. The van der Waals surface area contributed by atoms with Crippen LogP contribution in [0.5, 0.6) is 0 Å². The first kappa shape index (κ1) is 15.8. The quantitative estimate of drug-likeness (QED) is 0.608. The molecule has 1 unspecified atom stereocenters. The zero-order valence-corrected chi connectivity index (χ0v) is 11.2. The number of ether oxygens (including phenoxy) is 1. The van der Waals surface area contributed by atoms with Gasteiger partial charge in [0.05, 0.1) is 18.3 Å². The van der Waals surface area contributed by atoms with Crippen molar-refractivity contribution < 1.29 is 14.9 Å². The molecule has 0 saturated carbocycles. The highest BCUT2D eigenvalue weighted by Crippen LogP contribution is 2.11. The summed E-state index contributed by atoms with van der Waals surface area (Å²) in [4.78, 5) is 0. The second kappa shape index (κ2) is 6.55. The van der Waals surface area contributed by atoms with Crippen molar-refractivity contribution >= 4 is 0 Å². The van der Waals surface area contributed by atoms with E-state index in [2.05, 4.69) is 5.32 Å². The second-order valence-electron chi connectivity index (χ2n) is 6.03. The third-order valence-electron chi connectivity index (χ3n) is 2.12. The van der Waals surface area contributed by atoms with Gasteiger partial charge in [0.1, 0.15) is 0 Å². The van der Waals surface area contributed by atoms with Gasteiger partial charge in [-0.05, 0) is 20.8 Å². The fourth-order valence-electron chi connectivity index (χ4n) is 1.04. The normalized spacial score (nSPS) is 15.2. The molecule has 98 valence electrons. The van der Waals surface area contributed by atoms with Crippen LogP contribution in [0.4, 0.5) is 0 Å². The molecule has 0 radical (unpaired) electrons. The summed E-state index contributed by atoms with van der Waals surface area (Å²) in [6.45, 7) is 11.4. The lowest BCUT2D eigenvalue weighted by Crippen LogP contribution is -2.39. The summed E-state index contributed by atoms with van der Waals surface area (Å²) in [5.74, 6) is 0. The molecule has 0 bridgehead atoms. The third kappa shape index (κ3) is 9.09. The summed E-state index contributed by atoms with van der Waals surface area (Å²) in [7, 11) is 0. The Bertz CT molecular complexity index is 187. The second-order valence-corrected chi connectivity index (χ2v) is 6.03. The summed E-state index contributed by atoms with van der Waals surface area (Å²) in [5.41, 5.74) is -0.365. The Balaban J connectivity index is 3.63. The van der Waals surface area contributed by atoms with E-state index in [1.807, 2.05) is 34.6 Å². The Morgan fingerprint density at radius 1 is 1.19 bits per heavy atom. The molecular weight excluding hydrogens is 206 g/mol. The van der Waals surface area contributed by atoms with Crippen LogP contribution in [-0.2, 0) is 4.74 Å². The van der Waals surface area contributed by atoms with E-state index in [1.54, 1.807) is 0 Å². The first-order valence-corrected chi connectivity index (χ1v) is 5.80. The molecule has 4 nitrogen and oxygen atoms in total. The Morgan fingerprint density at radius 2 is 1.75 bits per heavy atom. The minimum absolute atomic E-state index is 0.134. The zero-order chi connectivity index (χ0) is 12.8. The zero-order valence-electron chi connectivity index (χ0n) is 11.2. The molecule has 0 spiro atoms. The number of aliphatic hydroxyl groups is 2. The number of hydrogen-bond acceptors (Lipinski definition) is 4. The maximum atomic E-state index is 9.63. The number of rotatable bonds is 7. The van der Waals surface area contributed by atoms with Crippen LogP contribution in [0.2, 0.25) is 0 Å². The van der Waals surface area contributed by atoms with Crippen LogP contribution in [-0.4, -0.2) is 48.2 Å². The third-order valence-corrected chi connectivity index (χ3v) is 2.12. The van der Waals surface area contributed by atoms with Crippen LogP contribution in [0.25, 0.3) is 0 Å². The van der Waals surface area contributed by atoms with Crippen molar-refractivity contribution in [1.82, 2.24) is 5.32 Å². The smallest absolute Gasteiger partial charge is 0.0897 e. The average Bonchev–Trinajstić information content (AvgIpc) is 2.13. The van der Waals surface area contributed by atoms with E-state index in [9.17, 15) is 5.11 Å². The SMILES string of the molecule is CC(C)(CO)CNCC(O)COC(C)(C)C. The van der Waals surface area contributed by atoms with Crippen molar-refractivity contribution in [2.75, 3.05) is 26.3 Å². The van der Waals surface area contributed by atoms with Gasteiger partial charge < -0.3 is 20.3 Å². The predicted octanol–water partition coefficient (Wildman–Crippen LogP) is 0.770. The lowest BCUT2D eigenvalue weighted by atomic mass is 9.95. The van der Waals surface area contributed by atoms with Gasteiger partial charge in [-0.15, -0.1) is 0 Å². The van der Waals surface area contributed by atoms with Gasteiger partial charge in [-0.3, -0.25) is 0 Å². The summed E-state index contributed by atoms with van der Waals surface area (Å²) in [5, 5.41) is 21.8. The van der Waals surface area contributed by atoms with Crippen molar-refractivity contribution in [2.24, 2.45) is 5.41 Å². The van der Waals surface area contributed by atoms with Crippen molar-refractivity contribution in [1.29, 1.82) is 0 Å². The molecule has 0 rings (SSSR count). The lowest BCUT2D eigenvalue weighted by molar-refractivity contribution is -0.0483. The first-order chi connectivity index (χ1) is 7.16. The molecule has 0 aliphatic rings. The highest BCUT2D eigenvalue weighted by atomic mass is 16.5. The summed E-state index contributed by atoms with van der Waals surface area (Å²) >= 11 is 0. The van der Waals surface area contributed by atoms with Crippen LogP contribution in [0.15, 0.2) is 0 Å². The van der Waals surface area contributed by atoms with Gasteiger partial charge in [-0.1, -0.05) is 13.8 Å². The topological polar surface area (TPSA) is 61.7 Å². The predicted molar refractivity (Wildman–Crippen MR) is 65.4 cm³/mol. The Hall–Kier alpha value is -0.160. The van der Waals surface area contributed by atoms with Crippen LogP contribution in [0, 0.1) is 5.41 Å². The van der Waals surface area contributed by atoms with Gasteiger partial charge in [-0.25, -0.2) is 0 Å². The van der Waals surface area contributed by atoms with E-state index in [0.29, 0.717) is 19.7 Å². The van der Waals surface area contributed by atoms with Crippen molar-refractivity contribution in [3.8, 4) is 0 Å². The van der Waals surface area contributed by atoms with Gasteiger partial charge in [0, 0.05) is 25.1 Å². The summed E-state index contributed by atoms with van der Waals surface area (Å²) in [6, 6.07) is 0. The Kier molecular flexibility index (Phi) is 6.48. The van der Waals surface area contributed by atoms with Crippen molar-refractivity contribution in [3.63, 3.8) is 0 Å². The molecule has 0 fully saturated rings. The lowest BCUT2D eigenvalue weighted by Gasteiger charge is -2.25. The molecule has 0 amide bonds. The molecule has 0 aliphatic heterocycles. The van der Waals surface area contributed by atoms with E-state index in [-0.39, 0.29) is 17.6 Å². The molecule has 1 atom stereocenters. The molecule has 0 aromatic carbocycles. The van der Waals surface area contributed by atoms with Crippen molar-refractivity contribution in [2.45, 2.75) is 46.3 Å². The average molecular weight is 233 g/mol. The highest BCUT2D eigenvalue weighted by molar-refractivity contribution is 4.71. The van der Waals surface area contributed by atoms with E-state index in [0.717, 1.165) is 0 Å². The van der Waals surface area contributed by atoms with Gasteiger partial charge >= 0.3 is 0 Å². The van der Waals surface area contributed by atoms with Gasteiger partial charge in [-0.2, -0.15) is 0 Å². The van der Waals surface area contributed by atoms with Crippen LogP contribution >= 0.6 is 0 Å². The van der Waals surface area contributed by atoms with E-state index in [4.69, 9.17) is 9.84 Å². The van der Waals surface area contributed by atoms with Gasteiger partial charge in [0.25, 0.3) is 0 Å². The monoisotopic (exact) mass is 233 g/mol. The van der Waals surface area contributed by atoms with E-state index >= 15 is 0 Å². The molecule has 3 N–H and O–H groups in total. The molecule has 0 aliphatic carbocycles. The van der Waals surface area contributed by atoms with Gasteiger partial charge in [0.2, 0.25) is 0 Å². The summed E-state index contributed by atoms with van der Waals surface area (Å²) < 4.78 is 5.46. The Morgan fingerprint density at radius 3 is 2.19 bits per heavy atom. The van der Waals surface area contributed by atoms with Crippen LogP contribution in [0.3, 0.4) is 0 Å². The minimum Gasteiger partial charge on any atom is -0.396 e. The molecule has 0 aromatic heterocycles. The summed E-state index contributed by atoms with van der Waals surface area (Å²) in [6.07, 6.45) is -0.506. The maximum absolute atomic E-state index is 9.63. The molecule has 4 heteroatoms. The fourth-order valence-corrected chi connectivity index (χ4v) is 1.04. The van der Waals surface area contributed by atoms with Crippen LogP contribution in [0.1, 0.15) is 34.6 Å². The van der Waals surface area contributed by atoms with Crippen molar-refractivity contribution in [3.05, 3.63) is 0 Å². The first-order valence-electron chi connectivity index (χ1n) is 5.80. The van der Waals surface area contributed by atoms with Gasteiger partial charge in [0.15, 0.2) is 0 Å². The molecule has 0 aromatic rings. The Labute approximate surface area is 99.0 Å². The number of aliphatic hydroxyl groups excluding tert-OH is 2. The molecular formula is C12H27NO3. The molecule has 16 heavy (non-hydrogen) atoms. The largest absolute Gasteiger partial charge is 0.396 e. The maximum Gasteiger partial charge on any atom is 0.0897 e. The number of hydrogen-bond donors (Lipinski definition) is 3. The minimum atomic E-state index is -0.506. The van der Waals surface area contributed by atoms with E-state index in [1.165, 1.54) is 0 Å². The molecule has 0 saturated heterocycles. The standard InChI is InChI=1S/C12H27NO3/c1-11(2,3)16-7-10(15)6-13-8-12(4,5)9-14/h10,13-15H,6-9H2,1-5H3. The van der Waals surface area contributed by atoms with Crippen LogP contribution < -0.4 is 5.32 Å². The highest BCUT2D eigenvalue weighted by Gasteiger charge is 2.17. The van der Waals surface area contributed by atoms with E-state index < -0.39 is 6.10 Å². The fraction of sp³-hybridized carbons (Fsp3) is 1.00. The number of nitrogens with one attached hydrogen (secondary N) is 1.